The summed E-state index contributed by atoms with van der Waals surface area (Å²) in [6.07, 6.45) is 11.5. The van der Waals surface area contributed by atoms with Crippen LogP contribution in [-0.2, 0) is 6.54 Å². The van der Waals surface area contributed by atoms with Gasteiger partial charge in [-0.1, -0.05) is 61.2 Å². The first-order valence-corrected chi connectivity index (χ1v) is 11.3. The van der Waals surface area contributed by atoms with Gasteiger partial charge in [0.1, 0.15) is 11.2 Å². The third-order valence-corrected chi connectivity index (χ3v) is 6.35. The minimum Gasteiger partial charge on any atom is -0.475 e. The average Bonchev–Trinajstić information content (AvgIpc) is 3.18. The van der Waals surface area contributed by atoms with Crippen molar-refractivity contribution in [2.45, 2.75) is 38.6 Å². The Morgan fingerprint density at radius 2 is 1.84 bits per heavy atom. The molecule has 6 nitrogen and oxygen atoms in total. The van der Waals surface area contributed by atoms with Crippen LogP contribution in [0.3, 0.4) is 0 Å². The number of carboxylic acids is 1. The highest BCUT2D eigenvalue weighted by molar-refractivity contribution is 6.30. The maximum atomic E-state index is 11.9. The van der Waals surface area contributed by atoms with Crippen LogP contribution in [0.15, 0.2) is 55.0 Å². The second-order valence-electron chi connectivity index (χ2n) is 8.36. The minimum absolute atomic E-state index is 0.236. The van der Waals surface area contributed by atoms with Crippen molar-refractivity contribution in [3.63, 3.8) is 0 Å². The summed E-state index contributed by atoms with van der Waals surface area (Å²) >= 11 is 6.22. The Bertz CT molecular complexity index is 1280. The number of hydrogen-bond acceptors (Lipinski definition) is 4. The molecule has 1 aliphatic rings. The molecule has 162 valence electrons. The van der Waals surface area contributed by atoms with Crippen molar-refractivity contribution < 1.29 is 9.90 Å². The van der Waals surface area contributed by atoms with Gasteiger partial charge in [0.15, 0.2) is 0 Å². The SMILES string of the molecule is O=C(O)c1nc(-c2cncc(Cl)c2)c2c(n1)c(-c1ccccc1)cn2CC1CCCCC1. The number of hydrogen-bond donors (Lipinski definition) is 1. The van der Waals surface area contributed by atoms with Gasteiger partial charge in [-0.2, -0.15) is 0 Å². The van der Waals surface area contributed by atoms with E-state index in [-0.39, 0.29) is 5.82 Å². The summed E-state index contributed by atoms with van der Waals surface area (Å²) in [4.78, 5) is 25.0. The van der Waals surface area contributed by atoms with Gasteiger partial charge in [-0.15, -0.1) is 0 Å². The average molecular weight is 447 g/mol. The molecule has 1 saturated carbocycles. The van der Waals surface area contributed by atoms with E-state index in [0.717, 1.165) is 23.2 Å². The van der Waals surface area contributed by atoms with Crippen LogP contribution in [0.5, 0.6) is 0 Å². The van der Waals surface area contributed by atoms with E-state index in [4.69, 9.17) is 11.6 Å². The van der Waals surface area contributed by atoms with Crippen molar-refractivity contribution in [2.24, 2.45) is 5.92 Å². The Hall–Kier alpha value is -3.25. The van der Waals surface area contributed by atoms with Crippen LogP contribution in [0.25, 0.3) is 33.4 Å². The van der Waals surface area contributed by atoms with Crippen molar-refractivity contribution in [1.82, 2.24) is 19.5 Å². The highest BCUT2D eigenvalue weighted by Crippen LogP contribution is 2.36. The Kier molecular flexibility index (Phi) is 5.62. The smallest absolute Gasteiger partial charge is 0.373 e. The molecule has 7 heteroatoms. The molecule has 0 spiro atoms. The first kappa shape index (κ1) is 20.6. The monoisotopic (exact) mass is 446 g/mol. The van der Waals surface area contributed by atoms with Gasteiger partial charge in [0.2, 0.25) is 5.82 Å². The highest BCUT2D eigenvalue weighted by atomic mass is 35.5. The number of carboxylic acid groups (broad SMARTS) is 1. The number of aromatic carboxylic acids is 1. The van der Waals surface area contributed by atoms with Gasteiger partial charge < -0.3 is 9.67 Å². The fourth-order valence-corrected chi connectivity index (χ4v) is 4.83. The van der Waals surface area contributed by atoms with Crippen LogP contribution in [0, 0.1) is 5.92 Å². The summed E-state index contributed by atoms with van der Waals surface area (Å²) in [5.74, 6) is -0.824. The number of benzene rings is 1. The number of aromatic nitrogens is 4. The van der Waals surface area contributed by atoms with Gasteiger partial charge in [0.05, 0.1) is 10.5 Å². The number of fused-ring (bicyclic) bond motifs is 1. The van der Waals surface area contributed by atoms with E-state index < -0.39 is 5.97 Å². The van der Waals surface area contributed by atoms with Gasteiger partial charge in [-0.3, -0.25) is 4.98 Å². The van der Waals surface area contributed by atoms with Crippen LogP contribution >= 0.6 is 11.6 Å². The zero-order chi connectivity index (χ0) is 22.1. The number of halogens is 1. The maximum absolute atomic E-state index is 11.9. The second kappa shape index (κ2) is 8.71. The molecule has 1 aromatic carbocycles. The van der Waals surface area contributed by atoms with Crippen LogP contribution in [0.2, 0.25) is 5.02 Å². The van der Waals surface area contributed by atoms with Crippen molar-refractivity contribution in [1.29, 1.82) is 0 Å². The molecule has 32 heavy (non-hydrogen) atoms. The number of rotatable bonds is 5. The summed E-state index contributed by atoms with van der Waals surface area (Å²) in [6.45, 7) is 0.847. The maximum Gasteiger partial charge on any atom is 0.373 e. The lowest BCUT2D eigenvalue weighted by Crippen LogP contribution is -2.14. The standard InChI is InChI=1S/C25H23ClN4O2/c26-19-11-18(12-27-13-19)21-23-22(29-24(28-21)25(31)32)20(17-9-5-2-6-10-17)15-30(23)14-16-7-3-1-4-8-16/h2,5-6,9-13,15-16H,1,3-4,7-8,14H2,(H,31,32). The van der Waals surface area contributed by atoms with Crippen molar-refractivity contribution in [2.75, 3.05) is 0 Å². The Morgan fingerprint density at radius 3 is 2.56 bits per heavy atom. The van der Waals surface area contributed by atoms with Crippen LogP contribution in [-0.4, -0.2) is 30.6 Å². The molecular weight excluding hydrogens is 424 g/mol. The molecular formula is C25H23ClN4O2. The van der Waals surface area contributed by atoms with Gasteiger partial charge >= 0.3 is 5.97 Å². The minimum atomic E-state index is -1.16. The molecule has 0 saturated heterocycles. The molecule has 3 aromatic heterocycles. The van der Waals surface area contributed by atoms with E-state index in [2.05, 4.69) is 25.7 Å². The molecule has 0 amide bonds. The van der Waals surface area contributed by atoms with Crippen LogP contribution in [0.1, 0.15) is 42.7 Å². The van der Waals surface area contributed by atoms with E-state index >= 15 is 0 Å². The van der Waals surface area contributed by atoms with E-state index in [1.54, 1.807) is 18.5 Å². The molecule has 0 bridgehead atoms. The fourth-order valence-electron chi connectivity index (χ4n) is 4.66. The molecule has 1 fully saturated rings. The lowest BCUT2D eigenvalue weighted by Gasteiger charge is -2.22. The summed E-state index contributed by atoms with van der Waals surface area (Å²) in [7, 11) is 0. The summed E-state index contributed by atoms with van der Waals surface area (Å²) in [5, 5.41) is 10.2. The van der Waals surface area contributed by atoms with Crippen molar-refractivity contribution in [3.8, 4) is 22.4 Å². The van der Waals surface area contributed by atoms with Gasteiger partial charge in [-0.05, 0) is 30.4 Å². The molecule has 0 unspecified atom stereocenters. The summed E-state index contributed by atoms with van der Waals surface area (Å²) < 4.78 is 2.20. The first-order chi connectivity index (χ1) is 15.6. The highest BCUT2D eigenvalue weighted by Gasteiger charge is 2.23. The lowest BCUT2D eigenvalue weighted by molar-refractivity contribution is 0.0684. The topological polar surface area (TPSA) is 80.9 Å². The van der Waals surface area contributed by atoms with E-state index in [9.17, 15) is 9.90 Å². The Morgan fingerprint density at radius 1 is 1.06 bits per heavy atom. The zero-order valence-electron chi connectivity index (χ0n) is 17.5. The molecule has 0 radical (unpaired) electrons. The third-order valence-electron chi connectivity index (χ3n) is 6.15. The number of pyridine rings is 1. The van der Waals surface area contributed by atoms with Gasteiger partial charge in [0.25, 0.3) is 0 Å². The van der Waals surface area contributed by atoms with Crippen molar-refractivity contribution >= 4 is 28.6 Å². The molecule has 1 aliphatic carbocycles. The number of nitrogens with zero attached hydrogens (tertiary/aromatic N) is 4. The first-order valence-electron chi connectivity index (χ1n) is 10.9. The predicted molar refractivity (Wildman–Crippen MR) is 125 cm³/mol. The Labute approximate surface area is 190 Å². The quantitative estimate of drug-likeness (QED) is 0.401. The molecule has 5 rings (SSSR count). The molecule has 3 heterocycles. The van der Waals surface area contributed by atoms with Crippen LogP contribution in [0.4, 0.5) is 0 Å². The zero-order valence-corrected chi connectivity index (χ0v) is 18.3. The predicted octanol–water partition coefficient (Wildman–Crippen LogP) is 6.09. The van der Waals surface area contributed by atoms with E-state index in [1.807, 2.05) is 30.3 Å². The molecule has 0 atom stereocenters. The fraction of sp³-hybridized carbons (Fsp3) is 0.280. The lowest BCUT2D eigenvalue weighted by atomic mass is 9.89. The van der Waals surface area contributed by atoms with E-state index in [0.29, 0.717) is 27.7 Å². The normalized spacial score (nSPS) is 14.7. The van der Waals surface area contributed by atoms with Crippen LogP contribution < -0.4 is 0 Å². The largest absolute Gasteiger partial charge is 0.475 e. The number of carbonyl (C=O) groups is 1. The second-order valence-corrected chi connectivity index (χ2v) is 8.79. The summed E-state index contributed by atoms with van der Waals surface area (Å²) in [6, 6.07) is 11.7. The van der Waals surface area contributed by atoms with Gasteiger partial charge in [-0.25, -0.2) is 14.8 Å². The Balaban J connectivity index is 1.78. The molecule has 1 N–H and O–H groups in total. The van der Waals surface area contributed by atoms with E-state index in [1.165, 1.54) is 32.1 Å². The van der Waals surface area contributed by atoms with Crippen molar-refractivity contribution in [3.05, 3.63) is 65.8 Å². The molecule has 0 aliphatic heterocycles. The third kappa shape index (κ3) is 3.98. The molecule has 4 aromatic rings. The summed E-state index contributed by atoms with van der Waals surface area (Å²) in [5.41, 5.74) is 4.57. The van der Waals surface area contributed by atoms with Gasteiger partial charge in [0, 0.05) is 36.3 Å².